The topological polar surface area (TPSA) is 118 Å². The number of methoxy groups -OCH3 is 1. The number of carbonyl (C=O) groups excluding carboxylic acids is 1. The number of likely N-dealkylation sites (N-methyl/N-ethyl adjacent to an activating group) is 1. The van der Waals surface area contributed by atoms with E-state index in [9.17, 15) is 18.3 Å². The van der Waals surface area contributed by atoms with Gasteiger partial charge in [-0.1, -0.05) is 36.8 Å². The van der Waals surface area contributed by atoms with Crippen LogP contribution in [-0.2, 0) is 21.3 Å². The first-order valence-corrected chi connectivity index (χ1v) is 18.1. The van der Waals surface area contributed by atoms with Crippen molar-refractivity contribution in [3.05, 3.63) is 83.4 Å². The van der Waals surface area contributed by atoms with Crippen molar-refractivity contribution >= 4 is 21.6 Å². The van der Waals surface area contributed by atoms with E-state index >= 15 is 0 Å². The van der Waals surface area contributed by atoms with Crippen molar-refractivity contribution in [2.75, 3.05) is 45.2 Å². The van der Waals surface area contributed by atoms with Gasteiger partial charge in [-0.05, 0) is 95.1 Å². The Labute approximate surface area is 286 Å². The summed E-state index contributed by atoms with van der Waals surface area (Å²) in [6.07, 6.45) is 2.13. The van der Waals surface area contributed by atoms with E-state index in [2.05, 4.69) is 23.6 Å². The zero-order valence-corrected chi connectivity index (χ0v) is 29.8. The molecule has 0 aromatic heterocycles. The molecule has 10 nitrogen and oxygen atoms in total. The van der Waals surface area contributed by atoms with Gasteiger partial charge in [-0.3, -0.25) is 14.4 Å². The number of fused-ring (bicyclic) bond motifs is 1. The Morgan fingerprint density at radius 2 is 1.77 bits per heavy atom. The molecule has 0 spiro atoms. The summed E-state index contributed by atoms with van der Waals surface area (Å²) in [5.41, 5.74) is 2.56. The number of aliphatic hydroxyl groups is 1. The van der Waals surface area contributed by atoms with Crippen LogP contribution in [0.4, 0.5) is 5.69 Å². The smallest absolute Gasteiger partial charge is 0.261 e. The molecule has 0 saturated heterocycles. The first-order chi connectivity index (χ1) is 22.9. The summed E-state index contributed by atoms with van der Waals surface area (Å²) in [4.78, 5) is 18.4. The third-order valence-corrected chi connectivity index (χ3v) is 10.1. The maximum absolute atomic E-state index is 14.4. The highest BCUT2D eigenvalue weighted by molar-refractivity contribution is 7.92. The van der Waals surface area contributed by atoms with E-state index in [0.29, 0.717) is 25.4 Å². The number of amides is 1. The van der Waals surface area contributed by atoms with Crippen LogP contribution in [0.25, 0.3) is 0 Å². The quantitative estimate of drug-likeness (QED) is 0.279. The Balaban J connectivity index is 1.62. The fourth-order valence-corrected chi connectivity index (χ4v) is 6.84. The number of hydrogen-bond acceptors (Lipinski definition) is 8. The lowest BCUT2D eigenvalue weighted by molar-refractivity contribution is -0.0177. The minimum absolute atomic E-state index is 0.0873. The predicted octanol–water partition coefficient (Wildman–Crippen LogP) is 5.73. The summed E-state index contributed by atoms with van der Waals surface area (Å²) in [6.45, 7) is 9.73. The molecule has 3 aromatic rings. The minimum Gasteiger partial charge on any atom is -0.497 e. The van der Waals surface area contributed by atoms with Crippen LogP contribution in [0.1, 0.15) is 61.5 Å². The monoisotopic (exact) mass is 681 g/mol. The fraction of sp³-hybridized carbons (Fsp3) is 0.486. The van der Waals surface area contributed by atoms with E-state index in [-0.39, 0.29) is 46.8 Å². The van der Waals surface area contributed by atoms with Crippen LogP contribution in [0.5, 0.6) is 11.5 Å². The number of aryl methyl sites for hydroxylation is 1. The molecule has 1 aliphatic rings. The van der Waals surface area contributed by atoms with Crippen LogP contribution in [0.2, 0.25) is 0 Å². The number of aliphatic hydroxyl groups excluding tert-OH is 1. The highest BCUT2D eigenvalue weighted by Crippen LogP contribution is 2.30. The van der Waals surface area contributed by atoms with Crippen molar-refractivity contribution in [3.8, 4) is 11.5 Å². The molecule has 0 unspecified atom stereocenters. The van der Waals surface area contributed by atoms with E-state index in [1.807, 2.05) is 38.1 Å². The molecule has 0 fully saturated rings. The van der Waals surface area contributed by atoms with Gasteiger partial charge in [0.15, 0.2) is 0 Å². The Morgan fingerprint density at radius 1 is 1.06 bits per heavy atom. The highest BCUT2D eigenvalue weighted by atomic mass is 32.2. The lowest BCUT2D eigenvalue weighted by Gasteiger charge is -2.36. The first-order valence-electron chi connectivity index (χ1n) is 16.6. The van der Waals surface area contributed by atoms with Crippen LogP contribution in [0.15, 0.2) is 71.6 Å². The SMILES string of the molecule is COc1ccc(CN(C)C[C@H]2OCCCC[C@@H](C)Oc3ccc(NS(=O)(=O)c4ccc(C)cc4)cc3C(=O)N([C@H](C)CO)C[C@H]2C)cc1. The second-order valence-corrected chi connectivity index (χ2v) is 14.7. The lowest BCUT2D eigenvalue weighted by Crippen LogP contribution is -2.47. The van der Waals surface area contributed by atoms with Crippen molar-refractivity contribution in [2.24, 2.45) is 5.92 Å². The van der Waals surface area contributed by atoms with E-state index in [1.54, 1.807) is 55.3 Å². The molecular weight excluding hydrogens is 630 g/mol. The zero-order chi connectivity index (χ0) is 34.8. The van der Waals surface area contributed by atoms with Crippen LogP contribution in [0, 0.1) is 12.8 Å². The second kappa shape index (κ2) is 17.1. The van der Waals surface area contributed by atoms with Gasteiger partial charge < -0.3 is 24.2 Å². The van der Waals surface area contributed by atoms with Gasteiger partial charge in [0, 0.05) is 37.8 Å². The van der Waals surface area contributed by atoms with Crippen LogP contribution in [0.3, 0.4) is 0 Å². The average Bonchev–Trinajstić information content (AvgIpc) is 3.06. The van der Waals surface area contributed by atoms with Crippen molar-refractivity contribution in [3.63, 3.8) is 0 Å². The van der Waals surface area contributed by atoms with Crippen LogP contribution >= 0.6 is 0 Å². The van der Waals surface area contributed by atoms with Crippen LogP contribution < -0.4 is 14.2 Å². The standard InChI is InChI=1S/C37H51N3O7S/c1-26-10-17-33(18-11-26)48(43,44)38-31-14-19-35-34(21-31)37(42)40(28(3)25-41)22-27(2)36(46-20-8-7-9-29(4)47-35)24-39(5)23-30-12-15-32(45-6)16-13-30/h10-19,21,27-29,36,38,41H,7-9,20,22-25H2,1-6H3/t27-,28-,29-,36-/m1/s1. The van der Waals surface area contributed by atoms with Crippen molar-refractivity contribution in [2.45, 2.75) is 76.6 Å². The Bertz CT molecular complexity index is 1580. The average molecular weight is 682 g/mol. The summed E-state index contributed by atoms with van der Waals surface area (Å²) in [5.74, 6) is 0.738. The Hall–Kier alpha value is -3.64. The van der Waals surface area contributed by atoms with Gasteiger partial charge in [0.2, 0.25) is 0 Å². The third-order valence-electron chi connectivity index (χ3n) is 8.74. The molecule has 1 amide bonds. The molecule has 2 N–H and O–H groups in total. The lowest BCUT2D eigenvalue weighted by atomic mass is 10.0. The van der Waals surface area contributed by atoms with Gasteiger partial charge in [-0.25, -0.2) is 8.42 Å². The number of nitrogens with one attached hydrogen (secondary N) is 1. The first kappa shape index (κ1) is 37.2. The Kier molecular flexibility index (Phi) is 13.3. The minimum atomic E-state index is -3.91. The zero-order valence-electron chi connectivity index (χ0n) is 29.0. The molecule has 48 heavy (non-hydrogen) atoms. The number of ether oxygens (including phenoxy) is 3. The third kappa shape index (κ3) is 10.2. The van der Waals surface area contributed by atoms with Gasteiger partial charge in [-0.2, -0.15) is 0 Å². The number of carbonyl (C=O) groups is 1. The molecule has 4 rings (SSSR count). The van der Waals surface area contributed by atoms with Gasteiger partial charge in [0.05, 0.1) is 42.4 Å². The number of anilines is 1. The predicted molar refractivity (Wildman–Crippen MR) is 188 cm³/mol. The summed E-state index contributed by atoms with van der Waals surface area (Å²) in [7, 11) is -0.200. The number of sulfonamides is 1. The summed E-state index contributed by atoms with van der Waals surface area (Å²) >= 11 is 0. The molecule has 0 radical (unpaired) electrons. The molecule has 262 valence electrons. The van der Waals surface area contributed by atoms with E-state index < -0.39 is 16.1 Å². The molecule has 0 aliphatic carbocycles. The second-order valence-electron chi connectivity index (χ2n) is 13.0. The molecule has 11 heteroatoms. The summed E-state index contributed by atoms with van der Waals surface area (Å²) in [6, 6.07) is 18.8. The maximum atomic E-state index is 14.4. The molecule has 0 bridgehead atoms. The number of rotatable bonds is 10. The van der Waals surface area contributed by atoms with Crippen molar-refractivity contribution < 1.29 is 32.5 Å². The highest BCUT2D eigenvalue weighted by Gasteiger charge is 2.30. The van der Waals surface area contributed by atoms with Crippen molar-refractivity contribution in [1.29, 1.82) is 0 Å². The van der Waals surface area contributed by atoms with Gasteiger partial charge in [0.1, 0.15) is 11.5 Å². The van der Waals surface area contributed by atoms with Gasteiger partial charge in [0.25, 0.3) is 15.9 Å². The molecule has 0 saturated carbocycles. The molecule has 4 atom stereocenters. The largest absolute Gasteiger partial charge is 0.497 e. The van der Waals surface area contributed by atoms with E-state index in [0.717, 1.165) is 42.7 Å². The number of hydrogen-bond donors (Lipinski definition) is 2. The summed E-state index contributed by atoms with van der Waals surface area (Å²) in [5, 5.41) is 10.3. The fourth-order valence-electron chi connectivity index (χ4n) is 5.79. The van der Waals surface area contributed by atoms with Gasteiger partial charge in [-0.15, -0.1) is 0 Å². The van der Waals surface area contributed by atoms with Crippen molar-refractivity contribution in [1.82, 2.24) is 9.80 Å². The molecular formula is C37H51N3O7S. The van der Waals surface area contributed by atoms with E-state index in [4.69, 9.17) is 14.2 Å². The Morgan fingerprint density at radius 3 is 2.44 bits per heavy atom. The number of nitrogens with zero attached hydrogens (tertiary/aromatic N) is 2. The molecule has 1 aliphatic heterocycles. The van der Waals surface area contributed by atoms with E-state index in [1.165, 1.54) is 6.07 Å². The number of benzene rings is 3. The van der Waals surface area contributed by atoms with Gasteiger partial charge >= 0.3 is 0 Å². The normalized spacial score (nSPS) is 20.4. The van der Waals surface area contributed by atoms with Crippen LogP contribution in [-0.4, -0.2) is 87.9 Å². The molecule has 3 aromatic carbocycles. The summed E-state index contributed by atoms with van der Waals surface area (Å²) < 4.78 is 47.2. The molecule has 1 heterocycles. The maximum Gasteiger partial charge on any atom is 0.261 e.